The van der Waals surface area contributed by atoms with E-state index in [1.807, 2.05) is 81.4 Å². The molecule has 7 nitrogen and oxygen atoms in total. The maximum absolute atomic E-state index is 13.4. The van der Waals surface area contributed by atoms with Gasteiger partial charge in [0.25, 0.3) is 11.7 Å². The van der Waals surface area contributed by atoms with E-state index in [9.17, 15) is 14.7 Å². The van der Waals surface area contributed by atoms with Crippen molar-refractivity contribution < 1.29 is 24.2 Å². The number of aliphatic hydroxyl groups excluding tert-OH is 1. The molecule has 0 spiro atoms. The van der Waals surface area contributed by atoms with Crippen LogP contribution in [0.2, 0.25) is 5.02 Å². The number of ether oxygens (including phenoxy) is 2. The highest BCUT2D eigenvalue weighted by molar-refractivity contribution is 6.46. The summed E-state index contributed by atoms with van der Waals surface area (Å²) >= 11 is 6.24. The highest BCUT2D eigenvalue weighted by Gasteiger charge is 2.46. The van der Waals surface area contributed by atoms with Crippen LogP contribution < -0.4 is 14.4 Å². The summed E-state index contributed by atoms with van der Waals surface area (Å²) < 4.78 is 11.2. The Labute approximate surface area is 227 Å². The van der Waals surface area contributed by atoms with Gasteiger partial charge in [0.2, 0.25) is 0 Å². The van der Waals surface area contributed by atoms with E-state index in [-0.39, 0.29) is 17.9 Å². The molecule has 1 atom stereocenters. The summed E-state index contributed by atoms with van der Waals surface area (Å²) in [5.74, 6) is -0.662. The Morgan fingerprint density at radius 2 is 1.68 bits per heavy atom. The number of rotatable bonds is 9. The fourth-order valence-electron chi connectivity index (χ4n) is 4.51. The Morgan fingerprint density at radius 3 is 2.34 bits per heavy atom. The van der Waals surface area contributed by atoms with Crippen LogP contribution in [0, 0.1) is 0 Å². The van der Waals surface area contributed by atoms with Crippen molar-refractivity contribution in [2.24, 2.45) is 0 Å². The fraction of sp³-hybridized carbons (Fsp3) is 0.267. The molecule has 1 amide bonds. The predicted molar refractivity (Wildman–Crippen MR) is 149 cm³/mol. The molecule has 4 rings (SSSR count). The Balaban J connectivity index is 1.84. The number of carbonyl (C=O) groups excluding carboxylic acids is 2. The Kier molecular flexibility index (Phi) is 8.27. The van der Waals surface area contributed by atoms with Gasteiger partial charge in [0.15, 0.2) is 0 Å². The molecule has 1 fully saturated rings. The average Bonchev–Trinajstić information content (AvgIpc) is 3.15. The van der Waals surface area contributed by atoms with Crippen LogP contribution >= 0.6 is 11.6 Å². The van der Waals surface area contributed by atoms with Crippen LogP contribution in [-0.4, -0.2) is 49.0 Å². The van der Waals surface area contributed by atoms with Crippen molar-refractivity contribution >= 4 is 34.7 Å². The van der Waals surface area contributed by atoms with E-state index >= 15 is 0 Å². The van der Waals surface area contributed by atoms with Crippen LogP contribution in [-0.2, 0) is 16.1 Å². The molecule has 1 N–H and O–H groups in total. The largest absolute Gasteiger partial charge is 0.507 e. The molecular weight excluding hydrogens is 504 g/mol. The highest BCUT2D eigenvalue weighted by atomic mass is 35.5. The fourth-order valence-corrected chi connectivity index (χ4v) is 4.69. The van der Waals surface area contributed by atoms with Gasteiger partial charge in [-0.05, 0) is 67.4 Å². The molecule has 0 aliphatic carbocycles. The molecule has 0 aromatic heterocycles. The summed E-state index contributed by atoms with van der Waals surface area (Å²) in [4.78, 5) is 30.3. The third-order valence-electron chi connectivity index (χ3n) is 6.33. The summed E-state index contributed by atoms with van der Waals surface area (Å²) in [7, 11) is 3.87. The monoisotopic (exact) mass is 534 g/mol. The Bertz CT molecular complexity index is 1370. The molecule has 1 aliphatic rings. The molecular formula is C30H31ClN2O5. The molecule has 0 bridgehead atoms. The number of hydrogen-bond donors (Lipinski definition) is 1. The maximum Gasteiger partial charge on any atom is 0.295 e. The van der Waals surface area contributed by atoms with Crippen LogP contribution in [0.5, 0.6) is 11.5 Å². The first-order valence-electron chi connectivity index (χ1n) is 12.4. The first kappa shape index (κ1) is 27.1. The van der Waals surface area contributed by atoms with E-state index < -0.39 is 17.7 Å². The van der Waals surface area contributed by atoms with Crippen molar-refractivity contribution in [3.8, 4) is 11.5 Å². The maximum atomic E-state index is 13.4. The SMILES string of the molecule is CCOc1cccc(CN2C(=O)C(=O)/C(=C(\O)c3ccc(Cl)c(OCC)c3)C2c2ccc(N(C)C)cc2)c1. The van der Waals surface area contributed by atoms with Gasteiger partial charge >= 0.3 is 0 Å². The summed E-state index contributed by atoms with van der Waals surface area (Å²) in [6.45, 7) is 4.78. The predicted octanol–water partition coefficient (Wildman–Crippen LogP) is 5.83. The van der Waals surface area contributed by atoms with Gasteiger partial charge in [0, 0.05) is 31.9 Å². The minimum atomic E-state index is -0.798. The van der Waals surface area contributed by atoms with Gasteiger partial charge in [0.05, 0.1) is 29.9 Å². The zero-order chi connectivity index (χ0) is 27.4. The number of nitrogens with zero attached hydrogens (tertiary/aromatic N) is 2. The lowest BCUT2D eigenvalue weighted by Crippen LogP contribution is -2.29. The highest BCUT2D eigenvalue weighted by Crippen LogP contribution is 2.41. The van der Waals surface area contributed by atoms with Crippen molar-refractivity contribution in [2.75, 3.05) is 32.2 Å². The van der Waals surface area contributed by atoms with Gasteiger partial charge in [-0.25, -0.2) is 0 Å². The Hall–Kier alpha value is -3.97. The summed E-state index contributed by atoms with van der Waals surface area (Å²) in [5, 5.41) is 11.8. The number of aliphatic hydroxyl groups is 1. The molecule has 198 valence electrons. The van der Waals surface area contributed by atoms with E-state index in [2.05, 4.69) is 0 Å². The van der Waals surface area contributed by atoms with Crippen LogP contribution in [0.25, 0.3) is 5.76 Å². The molecule has 1 unspecified atom stereocenters. The van der Waals surface area contributed by atoms with E-state index in [1.165, 1.54) is 4.90 Å². The first-order valence-corrected chi connectivity index (χ1v) is 12.8. The summed E-state index contributed by atoms with van der Waals surface area (Å²) in [6, 6.07) is 19.0. The quantitative estimate of drug-likeness (QED) is 0.211. The van der Waals surface area contributed by atoms with Crippen LogP contribution in [0.15, 0.2) is 72.3 Å². The average molecular weight is 535 g/mol. The van der Waals surface area contributed by atoms with Crippen LogP contribution in [0.3, 0.4) is 0 Å². The van der Waals surface area contributed by atoms with Gasteiger partial charge in [-0.1, -0.05) is 35.9 Å². The van der Waals surface area contributed by atoms with E-state index in [4.69, 9.17) is 21.1 Å². The molecule has 0 radical (unpaired) electrons. The molecule has 0 saturated carbocycles. The van der Waals surface area contributed by atoms with Crippen molar-refractivity contribution in [1.82, 2.24) is 4.90 Å². The van der Waals surface area contributed by atoms with Gasteiger partial charge in [-0.2, -0.15) is 0 Å². The summed E-state index contributed by atoms with van der Waals surface area (Å²) in [5.41, 5.74) is 2.82. The number of halogens is 1. The first-order chi connectivity index (χ1) is 18.2. The summed E-state index contributed by atoms with van der Waals surface area (Å²) in [6.07, 6.45) is 0. The number of benzene rings is 3. The van der Waals surface area contributed by atoms with Crippen LogP contribution in [0.1, 0.15) is 36.6 Å². The normalized spacial score (nSPS) is 16.6. The molecule has 38 heavy (non-hydrogen) atoms. The van der Waals surface area contributed by atoms with E-state index in [1.54, 1.807) is 18.2 Å². The van der Waals surface area contributed by atoms with Gasteiger partial charge in [-0.15, -0.1) is 0 Å². The third kappa shape index (κ3) is 5.48. The molecule has 3 aromatic carbocycles. The van der Waals surface area contributed by atoms with Crippen molar-refractivity contribution in [3.05, 3.63) is 94.0 Å². The lowest BCUT2D eigenvalue weighted by Gasteiger charge is -2.26. The number of likely N-dealkylation sites (tertiary alicyclic amines) is 1. The van der Waals surface area contributed by atoms with E-state index in [0.717, 1.165) is 11.3 Å². The van der Waals surface area contributed by atoms with Crippen molar-refractivity contribution in [3.63, 3.8) is 0 Å². The van der Waals surface area contributed by atoms with E-state index in [0.29, 0.717) is 40.9 Å². The molecule has 3 aromatic rings. The lowest BCUT2D eigenvalue weighted by molar-refractivity contribution is -0.140. The molecule has 1 heterocycles. The second kappa shape index (κ2) is 11.6. The van der Waals surface area contributed by atoms with Crippen molar-refractivity contribution in [2.45, 2.75) is 26.4 Å². The van der Waals surface area contributed by atoms with Crippen molar-refractivity contribution in [1.29, 1.82) is 0 Å². The van der Waals surface area contributed by atoms with Gasteiger partial charge in [-0.3, -0.25) is 9.59 Å². The molecule has 8 heteroatoms. The number of amides is 1. The number of hydrogen-bond acceptors (Lipinski definition) is 6. The number of carbonyl (C=O) groups is 2. The minimum Gasteiger partial charge on any atom is -0.507 e. The second-order valence-corrected chi connectivity index (χ2v) is 9.48. The van der Waals surface area contributed by atoms with Gasteiger partial charge < -0.3 is 24.4 Å². The zero-order valence-corrected chi connectivity index (χ0v) is 22.7. The molecule has 1 saturated heterocycles. The number of anilines is 1. The topological polar surface area (TPSA) is 79.3 Å². The molecule has 1 aliphatic heterocycles. The second-order valence-electron chi connectivity index (χ2n) is 9.07. The third-order valence-corrected chi connectivity index (χ3v) is 6.64. The lowest BCUT2D eigenvalue weighted by atomic mass is 9.95. The minimum absolute atomic E-state index is 0.0123. The Morgan fingerprint density at radius 1 is 0.974 bits per heavy atom. The number of Topliss-reactive ketones (excluding diaryl/α,β-unsaturated/α-hetero) is 1. The standard InChI is InChI=1S/C30H31ClN2O5/c1-5-37-23-9-7-8-19(16-23)18-33-27(20-10-13-22(14-11-20)32(3)4)26(29(35)30(33)36)28(34)21-12-15-24(31)25(17-21)38-6-2/h7-17,27,34H,5-6,18H2,1-4H3/b28-26-. The smallest absolute Gasteiger partial charge is 0.295 e. The van der Waals surface area contributed by atoms with Crippen LogP contribution in [0.4, 0.5) is 5.69 Å². The number of ketones is 1. The zero-order valence-electron chi connectivity index (χ0n) is 21.9. The van der Waals surface area contributed by atoms with Gasteiger partial charge in [0.1, 0.15) is 17.3 Å².